The predicted molar refractivity (Wildman–Crippen MR) is 105 cm³/mol. The van der Waals surface area contributed by atoms with E-state index in [1.165, 1.54) is 11.8 Å². The van der Waals surface area contributed by atoms with Crippen LogP contribution < -0.4 is 0 Å². The Bertz CT molecular complexity index is 1120. The molecule has 0 atom stereocenters. The molecule has 0 saturated carbocycles. The van der Waals surface area contributed by atoms with E-state index in [9.17, 15) is 8.42 Å². The maximum Gasteiger partial charge on any atom is 0.151 e. The van der Waals surface area contributed by atoms with Crippen molar-refractivity contribution in [2.24, 2.45) is 4.99 Å². The largest absolute Gasteiger partial charge is 0.288 e. The summed E-state index contributed by atoms with van der Waals surface area (Å²) in [6.07, 6.45) is 4.91. The number of pyridine rings is 1. The number of aromatic nitrogens is 1. The molecule has 0 fully saturated rings. The summed E-state index contributed by atoms with van der Waals surface area (Å²) in [4.78, 5) is 8.89. The molecule has 1 aliphatic rings. The van der Waals surface area contributed by atoms with Gasteiger partial charge in [0.15, 0.2) is 9.84 Å². The van der Waals surface area contributed by atoms with Gasteiger partial charge in [0.1, 0.15) is 0 Å². The lowest BCUT2D eigenvalue weighted by atomic mass is 9.96. The molecule has 0 spiro atoms. The smallest absolute Gasteiger partial charge is 0.151 e. The number of hydrogen-bond donors (Lipinski definition) is 0. The SMILES string of the molecule is CS(=O)(=O)Cc1cccc(-c2ncccc2-c2ccc3c(c2)C=NC3)c1. The molecular weight excluding hydrogens is 344 g/mol. The van der Waals surface area contributed by atoms with Gasteiger partial charge in [-0.1, -0.05) is 36.4 Å². The quantitative estimate of drug-likeness (QED) is 0.707. The standard InChI is InChI=1S/C21H18N2O2S/c1-26(24,25)14-15-4-2-5-17(10-15)21-20(6-3-9-23-21)16-7-8-18-12-22-13-19(18)11-16/h2-11,13H,12,14H2,1H3. The maximum absolute atomic E-state index is 11.6. The lowest BCUT2D eigenvalue weighted by Crippen LogP contribution is -2.01. The van der Waals surface area contributed by atoms with E-state index in [1.54, 1.807) is 6.20 Å². The predicted octanol–water partition coefficient (Wildman–Crippen LogP) is 3.89. The zero-order valence-corrected chi connectivity index (χ0v) is 15.2. The molecular formula is C21H18N2O2S. The van der Waals surface area contributed by atoms with Crippen molar-refractivity contribution >= 4 is 16.1 Å². The average molecular weight is 362 g/mol. The molecule has 4 nitrogen and oxygen atoms in total. The third-order valence-corrected chi connectivity index (χ3v) is 5.24. The van der Waals surface area contributed by atoms with Crippen molar-refractivity contribution in [3.05, 3.63) is 77.5 Å². The van der Waals surface area contributed by atoms with Gasteiger partial charge in [0, 0.05) is 29.8 Å². The molecule has 4 rings (SSSR count). The number of nitrogens with zero attached hydrogens (tertiary/aromatic N) is 2. The number of fused-ring (bicyclic) bond motifs is 1. The van der Waals surface area contributed by atoms with Crippen LogP contribution in [0.15, 0.2) is 65.8 Å². The van der Waals surface area contributed by atoms with Gasteiger partial charge in [-0.3, -0.25) is 9.98 Å². The maximum atomic E-state index is 11.6. The third kappa shape index (κ3) is 3.44. The van der Waals surface area contributed by atoms with Crippen molar-refractivity contribution in [2.45, 2.75) is 12.3 Å². The topological polar surface area (TPSA) is 59.4 Å². The second kappa shape index (κ2) is 6.50. The minimum atomic E-state index is -3.08. The van der Waals surface area contributed by atoms with Crippen LogP contribution in [0, 0.1) is 0 Å². The number of benzene rings is 2. The first kappa shape index (κ1) is 16.7. The number of sulfone groups is 1. The molecule has 0 unspecified atom stereocenters. The van der Waals surface area contributed by atoms with Gasteiger partial charge >= 0.3 is 0 Å². The first-order valence-corrected chi connectivity index (χ1v) is 10.4. The Balaban J connectivity index is 1.80. The van der Waals surface area contributed by atoms with Crippen LogP contribution in [0.4, 0.5) is 0 Å². The summed E-state index contributed by atoms with van der Waals surface area (Å²) in [5.41, 5.74) is 7.00. The van der Waals surface area contributed by atoms with Crippen molar-refractivity contribution in [1.82, 2.24) is 4.98 Å². The fourth-order valence-electron chi connectivity index (χ4n) is 3.25. The van der Waals surface area contributed by atoms with E-state index >= 15 is 0 Å². The van der Waals surface area contributed by atoms with Gasteiger partial charge in [-0.15, -0.1) is 0 Å². The third-order valence-electron chi connectivity index (χ3n) is 4.39. The van der Waals surface area contributed by atoms with Crippen LogP contribution in [-0.4, -0.2) is 25.9 Å². The molecule has 0 amide bonds. The minimum absolute atomic E-state index is 0.0261. The Morgan fingerprint density at radius 3 is 2.73 bits per heavy atom. The molecule has 3 aromatic rings. The van der Waals surface area contributed by atoms with E-state index in [4.69, 9.17) is 0 Å². The van der Waals surface area contributed by atoms with Crippen LogP contribution >= 0.6 is 0 Å². The van der Waals surface area contributed by atoms with Gasteiger partial charge in [0.05, 0.1) is 18.0 Å². The Kier molecular flexibility index (Phi) is 4.17. The molecule has 130 valence electrons. The summed E-state index contributed by atoms with van der Waals surface area (Å²) in [5.74, 6) is 0.0261. The Labute approximate surface area is 153 Å². The summed E-state index contributed by atoms with van der Waals surface area (Å²) in [6.45, 7) is 0.739. The van der Waals surface area contributed by atoms with E-state index < -0.39 is 9.84 Å². The monoisotopic (exact) mass is 362 g/mol. The first-order valence-electron chi connectivity index (χ1n) is 8.35. The van der Waals surface area contributed by atoms with Crippen molar-refractivity contribution in [3.63, 3.8) is 0 Å². The second-order valence-electron chi connectivity index (χ2n) is 6.55. The second-order valence-corrected chi connectivity index (χ2v) is 8.69. The van der Waals surface area contributed by atoms with Crippen molar-refractivity contribution in [3.8, 4) is 22.4 Å². The van der Waals surface area contributed by atoms with E-state index in [1.807, 2.05) is 42.6 Å². The van der Waals surface area contributed by atoms with Gasteiger partial charge < -0.3 is 0 Å². The molecule has 0 aliphatic carbocycles. The first-order chi connectivity index (χ1) is 12.5. The number of rotatable bonds is 4. The van der Waals surface area contributed by atoms with Crippen molar-refractivity contribution < 1.29 is 8.42 Å². The van der Waals surface area contributed by atoms with Gasteiger partial charge in [-0.2, -0.15) is 0 Å². The summed E-state index contributed by atoms with van der Waals surface area (Å²) >= 11 is 0. The van der Waals surface area contributed by atoms with Gasteiger partial charge in [0.25, 0.3) is 0 Å². The van der Waals surface area contributed by atoms with E-state index in [-0.39, 0.29) is 5.75 Å². The molecule has 0 bridgehead atoms. The van der Waals surface area contributed by atoms with Crippen LogP contribution in [0.3, 0.4) is 0 Å². The number of aliphatic imine (C=N–C) groups is 1. The summed E-state index contributed by atoms with van der Waals surface area (Å²) < 4.78 is 23.2. The van der Waals surface area contributed by atoms with Crippen LogP contribution in [-0.2, 0) is 22.1 Å². The molecule has 1 aliphatic heterocycles. The van der Waals surface area contributed by atoms with Gasteiger partial charge in [-0.25, -0.2) is 8.42 Å². The zero-order valence-electron chi connectivity index (χ0n) is 14.4. The lowest BCUT2D eigenvalue weighted by Gasteiger charge is -2.11. The van der Waals surface area contributed by atoms with E-state index in [0.717, 1.165) is 40.1 Å². The Morgan fingerprint density at radius 1 is 1.00 bits per heavy atom. The minimum Gasteiger partial charge on any atom is -0.288 e. The van der Waals surface area contributed by atoms with Crippen molar-refractivity contribution in [1.29, 1.82) is 0 Å². The number of hydrogen-bond acceptors (Lipinski definition) is 4. The highest BCUT2D eigenvalue weighted by Crippen LogP contribution is 2.32. The van der Waals surface area contributed by atoms with Crippen LogP contribution in [0.25, 0.3) is 22.4 Å². The molecule has 2 aromatic carbocycles. The Hall–Kier alpha value is -2.79. The highest BCUT2D eigenvalue weighted by molar-refractivity contribution is 7.89. The van der Waals surface area contributed by atoms with Crippen LogP contribution in [0.1, 0.15) is 16.7 Å². The highest BCUT2D eigenvalue weighted by Gasteiger charge is 2.13. The molecule has 0 saturated heterocycles. The summed E-state index contributed by atoms with van der Waals surface area (Å²) in [6, 6.07) is 17.9. The van der Waals surface area contributed by atoms with Gasteiger partial charge in [-0.05, 0) is 40.5 Å². The van der Waals surface area contributed by atoms with E-state index in [0.29, 0.717) is 0 Å². The fourth-order valence-corrected chi connectivity index (χ4v) is 4.03. The van der Waals surface area contributed by atoms with Crippen LogP contribution in [0.5, 0.6) is 0 Å². The van der Waals surface area contributed by atoms with E-state index in [2.05, 4.69) is 28.2 Å². The summed E-state index contributed by atoms with van der Waals surface area (Å²) in [5, 5.41) is 0. The lowest BCUT2D eigenvalue weighted by molar-refractivity contribution is 0.601. The van der Waals surface area contributed by atoms with Gasteiger partial charge in [0.2, 0.25) is 0 Å². The molecule has 5 heteroatoms. The molecule has 1 aromatic heterocycles. The highest BCUT2D eigenvalue weighted by atomic mass is 32.2. The average Bonchev–Trinajstić information content (AvgIpc) is 3.08. The van der Waals surface area contributed by atoms with Crippen LogP contribution in [0.2, 0.25) is 0 Å². The Morgan fingerprint density at radius 2 is 1.88 bits per heavy atom. The molecule has 0 radical (unpaired) electrons. The fraction of sp³-hybridized carbons (Fsp3) is 0.143. The zero-order chi connectivity index (χ0) is 18.1. The molecule has 26 heavy (non-hydrogen) atoms. The van der Waals surface area contributed by atoms with Crippen molar-refractivity contribution in [2.75, 3.05) is 6.26 Å². The normalized spacial score (nSPS) is 13.0. The molecule has 0 N–H and O–H groups in total. The summed E-state index contributed by atoms with van der Waals surface area (Å²) in [7, 11) is -3.08. The molecule has 2 heterocycles.